The van der Waals surface area contributed by atoms with Crippen LogP contribution in [-0.2, 0) is 9.84 Å². The predicted octanol–water partition coefficient (Wildman–Crippen LogP) is 2.47. The molecule has 130 valence electrons. The highest BCUT2D eigenvalue weighted by atomic mass is 35.5. The summed E-state index contributed by atoms with van der Waals surface area (Å²) in [6, 6.07) is 11.2. The van der Waals surface area contributed by atoms with Crippen molar-refractivity contribution in [3.05, 3.63) is 47.3 Å². The van der Waals surface area contributed by atoms with E-state index < -0.39 is 9.84 Å². The third-order valence-electron chi connectivity index (χ3n) is 3.88. The molecular weight excluding hydrogens is 368 g/mol. The maximum absolute atomic E-state index is 12.5. The molecule has 3 N–H and O–H groups in total. The number of nitrogens with one attached hydrogen (secondary N) is 1. The molecule has 24 heavy (non-hydrogen) atoms. The largest absolute Gasteiger partial charge is 0.347 e. The fraction of sp³-hybridized carbons (Fsp3) is 0.312. The summed E-state index contributed by atoms with van der Waals surface area (Å²) in [4.78, 5) is 12.9. The Labute approximate surface area is 151 Å². The van der Waals surface area contributed by atoms with Crippen molar-refractivity contribution in [1.29, 1.82) is 0 Å². The molecule has 0 aliphatic heterocycles. The maximum Gasteiger partial charge on any atom is 0.261 e. The van der Waals surface area contributed by atoms with E-state index in [1.54, 1.807) is 36.4 Å². The Balaban J connectivity index is 0.00000208. The lowest BCUT2D eigenvalue weighted by Gasteiger charge is -2.15. The fourth-order valence-electron chi connectivity index (χ4n) is 2.41. The molecule has 0 saturated heterocycles. The molecule has 1 saturated carbocycles. The van der Waals surface area contributed by atoms with Crippen LogP contribution >= 0.6 is 23.7 Å². The topological polar surface area (TPSA) is 89.3 Å². The fourth-order valence-corrected chi connectivity index (χ4v) is 5.04. The van der Waals surface area contributed by atoms with Gasteiger partial charge >= 0.3 is 0 Å². The number of rotatable bonds is 6. The minimum Gasteiger partial charge on any atom is -0.347 e. The Kier molecular flexibility index (Phi) is 6.03. The summed E-state index contributed by atoms with van der Waals surface area (Å²) in [6.07, 6.45) is 2.17. The van der Waals surface area contributed by atoms with Crippen LogP contribution in [0.2, 0.25) is 0 Å². The molecule has 0 spiro atoms. The van der Waals surface area contributed by atoms with E-state index in [-0.39, 0.29) is 33.5 Å². The first kappa shape index (κ1) is 18.9. The van der Waals surface area contributed by atoms with Gasteiger partial charge < -0.3 is 11.1 Å². The predicted molar refractivity (Wildman–Crippen MR) is 96.5 cm³/mol. The minimum atomic E-state index is -3.58. The average molecular weight is 387 g/mol. The summed E-state index contributed by atoms with van der Waals surface area (Å²) in [5.41, 5.74) is 5.68. The second-order valence-electron chi connectivity index (χ2n) is 5.59. The number of carbonyl (C=O) groups is 1. The third-order valence-corrected chi connectivity index (χ3v) is 7.23. The maximum atomic E-state index is 12.5. The van der Waals surface area contributed by atoms with Gasteiger partial charge in [-0.25, -0.2) is 8.42 Å². The number of halogens is 1. The molecule has 0 radical (unpaired) electrons. The van der Waals surface area contributed by atoms with Crippen LogP contribution in [0.4, 0.5) is 0 Å². The first-order chi connectivity index (χ1) is 11.0. The third kappa shape index (κ3) is 3.97. The number of amides is 1. The summed E-state index contributed by atoms with van der Waals surface area (Å²) in [5.74, 6) is 0.197. The molecule has 1 aromatic carbocycles. The lowest BCUT2D eigenvalue weighted by Crippen LogP contribution is -2.41. The Morgan fingerprint density at radius 1 is 1.21 bits per heavy atom. The molecule has 1 aromatic heterocycles. The van der Waals surface area contributed by atoms with Gasteiger partial charge in [-0.1, -0.05) is 18.2 Å². The zero-order valence-corrected chi connectivity index (χ0v) is 15.3. The van der Waals surface area contributed by atoms with Gasteiger partial charge in [0.1, 0.15) is 4.21 Å². The first-order valence-electron chi connectivity index (χ1n) is 7.43. The van der Waals surface area contributed by atoms with E-state index in [0.717, 1.165) is 24.2 Å². The van der Waals surface area contributed by atoms with Gasteiger partial charge in [0.25, 0.3) is 5.91 Å². The van der Waals surface area contributed by atoms with Crippen molar-refractivity contribution in [2.45, 2.75) is 28.0 Å². The van der Waals surface area contributed by atoms with Crippen molar-refractivity contribution in [3.63, 3.8) is 0 Å². The van der Waals surface area contributed by atoms with E-state index in [1.807, 2.05) is 0 Å². The van der Waals surface area contributed by atoms with Crippen molar-refractivity contribution in [2.75, 3.05) is 6.54 Å². The zero-order chi connectivity index (χ0) is 16.4. The van der Waals surface area contributed by atoms with E-state index in [9.17, 15) is 13.2 Å². The lowest BCUT2D eigenvalue weighted by molar-refractivity contribution is 0.0937. The van der Waals surface area contributed by atoms with Crippen LogP contribution in [0.15, 0.2) is 51.6 Å². The van der Waals surface area contributed by atoms with E-state index >= 15 is 0 Å². The highest BCUT2D eigenvalue weighted by Gasteiger charge is 2.32. The molecule has 1 fully saturated rings. The highest BCUT2D eigenvalue weighted by molar-refractivity contribution is 7.93. The summed E-state index contributed by atoms with van der Waals surface area (Å²) >= 11 is 0.987. The number of thiophene rings is 1. The molecule has 8 heteroatoms. The molecule has 1 amide bonds. The summed E-state index contributed by atoms with van der Waals surface area (Å²) < 4.78 is 25.2. The van der Waals surface area contributed by atoms with Gasteiger partial charge in [-0.05, 0) is 43.0 Å². The van der Waals surface area contributed by atoms with Crippen molar-refractivity contribution >= 4 is 39.5 Å². The Bertz CT molecular complexity index is 802. The molecule has 2 aromatic rings. The number of carbonyl (C=O) groups excluding carboxylic acids is 1. The molecule has 1 unspecified atom stereocenters. The summed E-state index contributed by atoms with van der Waals surface area (Å²) in [6.45, 7) is 0.400. The van der Waals surface area contributed by atoms with Crippen LogP contribution in [0.3, 0.4) is 0 Å². The van der Waals surface area contributed by atoms with E-state index in [2.05, 4.69) is 5.32 Å². The second-order valence-corrected chi connectivity index (χ2v) is 8.85. The number of hydrogen-bond acceptors (Lipinski definition) is 5. The number of nitrogens with two attached hydrogens (primary N) is 1. The molecule has 1 aliphatic rings. The molecule has 5 nitrogen and oxygen atoms in total. The molecule has 1 aliphatic carbocycles. The normalized spacial score (nSPS) is 15.4. The monoisotopic (exact) mass is 386 g/mol. The van der Waals surface area contributed by atoms with Crippen LogP contribution in [0.5, 0.6) is 0 Å². The van der Waals surface area contributed by atoms with Gasteiger partial charge in [0.05, 0.1) is 9.77 Å². The SMILES string of the molecule is Cl.NCC(NC(=O)c1ccc(S(=O)(=O)c2ccccc2)s1)C1CC1. The van der Waals surface area contributed by atoms with Gasteiger partial charge in [0, 0.05) is 12.6 Å². The van der Waals surface area contributed by atoms with Crippen molar-refractivity contribution in [3.8, 4) is 0 Å². The molecule has 3 rings (SSSR count). The van der Waals surface area contributed by atoms with Crippen LogP contribution in [0.25, 0.3) is 0 Å². The standard InChI is InChI=1S/C16H18N2O3S2.ClH/c17-10-13(11-6-7-11)18-16(19)14-8-9-15(22-14)23(20,21)12-4-2-1-3-5-12;/h1-5,8-9,11,13H,6-7,10,17H2,(H,18,19);1H. The Hall–Kier alpha value is -1.41. The smallest absolute Gasteiger partial charge is 0.261 e. The van der Waals surface area contributed by atoms with Gasteiger partial charge in [-0.3, -0.25) is 4.79 Å². The quantitative estimate of drug-likeness (QED) is 0.798. The van der Waals surface area contributed by atoms with Crippen LogP contribution < -0.4 is 11.1 Å². The Morgan fingerprint density at radius 3 is 2.46 bits per heavy atom. The van der Waals surface area contributed by atoms with Crippen LogP contribution in [0.1, 0.15) is 22.5 Å². The van der Waals surface area contributed by atoms with E-state index in [0.29, 0.717) is 17.3 Å². The molecule has 0 bridgehead atoms. The number of sulfone groups is 1. The van der Waals surface area contributed by atoms with Gasteiger partial charge in [0.2, 0.25) is 9.84 Å². The summed E-state index contributed by atoms with van der Waals surface area (Å²) in [5, 5.41) is 2.90. The molecule has 1 heterocycles. The van der Waals surface area contributed by atoms with E-state index in [4.69, 9.17) is 5.73 Å². The highest BCUT2D eigenvalue weighted by Crippen LogP contribution is 2.33. The van der Waals surface area contributed by atoms with E-state index in [1.165, 1.54) is 6.07 Å². The number of benzene rings is 1. The van der Waals surface area contributed by atoms with Gasteiger partial charge in [-0.2, -0.15) is 0 Å². The van der Waals surface area contributed by atoms with Crippen molar-refractivity contribution in [2.24, 2.45) is 11.7 Å². The lowest BCUT2D eigenvalue weighted by atomic mass is 10.2. The zero-order valence-electron chi connectivity index (χ0n) is 12.8. The van der Waals surface area contributed by atoms with Gasteiger partial charge in [0.15, 0.2) is 0 Å². The average Bonchev–Trinajstić information content (AvgIpc) is 3.28. The summed E-state index contributed by atoms with van der Waals surface area (Å²) in [7, 11) is -3.58. The number of hydrogen-bond donors (Lipinski definition) is 2. The minimum absolute atomic E-state index is 0. The van der Waals surface area contributed by atoms with Crippen LogP contribution in [-0.4, -0.2) is 26.9 Å². The molecule has 1 atom stereocenters. The molecular formula is C16H19ClN2O3S2. The Morgan fingerprint density at radius 2 is 1.88 bits per heavy atom. The second kappa shape index (κ2) is 7.65. The van der Waals surface area contributed by atoms with Gasteiger partial charge in [-0.15, -0.1) is 23.7 Å². The van der Waals surface area contributed by atoms with Crippen LogP contribution in [0, 0.1) is 5.92 Å². The van der Waals surface area contributed by atoms with Crippen molar-refractivity contribution in [1.82, 2.24) is 5.32 Å². The first-order valence-corrected chi connectivity index (χ1v) is 9.73. The van der Waals surface area contributed by atoms with Crippen molar-refractivity contribution < 1.29 is 13.2 Å².